The summed E-state index contributed by atoms with van der Waals surface area (Å²) in [6.07, 6.45) is 2.81. The van der Waals surface area contributed by atoms with E-state index in [1.54, 1.807) is 6.92 Å². The maximum atomic E-state index is 12.5. The zero-order valence-corrected chi connectivity index (χ0v) is 12.4. The molecule has 0 aliphatic carbocycles. The summed E-state index contributed by atoms with van der Waals surface area (Å²) in [4.78, 5) is 15.6. The van der Waals surface area contributed by atoms with Crippen LogP contribution >= 0.6 is 11.6 Å². The van der Waals surface area contributed by atoms with Gasteiger partial charge in [0.1, 0.15) is 24.0 Å². The van der Waals surface area contributed by atoms with Crippen LogP contribution in [0, 0.1) is 0 Å². The first-order chi connectivity index (χ1) is 11.0. The van der Waals surface area contributed by atoms with Gasteiger partial charge in [0.2, 0.25) is 0 Å². The van der Waals surface area contributed by atoms with Crippen molar-refractivity contribution in [2.45, 2.75) is 19.6 Å². The number of hydrogen-bond donors (Lipinski definition) is 1. The van der Waals surface area contributed by atoms with E-state index < -0.39 is 12.7 Å². The fraction of sp³-hybridized carbons (Fsp3) is 0.250. The first-order valence-electron chi connectivity index (χ1n) is 6.38. The molecule has 23 heavy (non-hydrogen) atoms. The Labute approximate surface area is 133 Å². The van der Waals surface area contributed by atoms with Gasteiger partial charge in [-0.3, -0.25) is 0 Å². The monoisotopic (exact) mass is 341 g/mol. The topological polar surface area (TPSA) is 105 Å². The van der Waals surface area contributed by atoms with Crippen LogP contribution in [0.25, 0.3) is 10.9 Å². The fourth-order valence-electron chi connectivity index (χ4n) is 1.94. The maximum absolute atomic E-state index is 12.5. The number of aromatic nitrogens is 6. The van der Waals surface area contributed by atoms with Gasteiger partial charge in [0, 0.05) is 0 Å². The highest BCUT2D eigenvalue weighted by molar-refractivity contribution is 6.34. The maximum Gasteiger partial charge on any atom is 0.334 e. The van der Waals surface area contributed by atoms with Crippen molar-refractivity contribution in [2.24, 2.45) is 0 Å². The fourth-order valence-corrected chi connectivity index (χ4v) is 2.13. The third-order valence-corrected chi connectivity index (χ3v) is 3.28. The lowest BCUT2D eigenvalue weighted by Crippen LogP contribution is -2.08. The Bertz CT molecular complexity index is 857. The highest BCUT2D eigenvalue weighted by atomic mass is 35.5. The predicted octanol–water partition coefficient (Wildman–Crippen LogP) is 2.39. The van der Waals surface area contributed by atoms with E-state index in [9.17, 15) is 8.78 Å². The molecule has 3 rings (SSSR count). The number of halogens is 3. The second kappa shape index (κ2) is 5.88. The minimum absolute atomic E-state index is 0.0869. The molecule has 0 saturated heterocycles. The number of nitrogens with zero attached hydrogens (tertiary/aromatic N) is 6. The molecule has 120 valence electrons. The van der Waals surface area contributed by atoms with Gasteiger partial charge in [0.15, 0.2) is 22.8 Å². The van der Waals surface area contributed by atoms with E-state index >= 15 is 0 Å². The van der Waals surface area contributed by atoms with Crippen molar-refractivity contribution in [1.29, 1.82) is 0 Å². The average molecular weight is 342 g/mol. The lowest BCUT2D eigenvalue weighted by atomic mass is 10.2. The average Bonchev–Trinajstić information content (AvgIpc) is 3.00. The molecule has 0 aliphatic heterocycles. The number of hydrogen-bond acceptors (Lipinski definition) is 7. The van der Waals surface area contributed by atoms with Crippen molar-refractivity contribution in [3.8, 4) is 5.75 Å². The number of nitrogen functional groups attached to an aromatic ring is 1. The van der Waals surface area contributed by atoms with Gasteiger partial charge in [-0.1, -0.05) is 11.6 Å². The summed E-state index contributed by atoms with van der Waals surface area (Å²) in [5.41, 5.74) is 6.16. The smallest absolute Gasteiger partial charge is 0.334 e. The van der Waals surface area contributed by atoms with Gasteiger partial charge in [-0.15, -0.1) is 5.10 Å². The molecule has 2 N–H and O–H groups in total. The van der Waals surface area contributed by atoms with E-state index in [-0.39, 0.29) is 22.5 Å². The molecule has 1 unspecified atom stereocenters. The van der Waals surface area contributed by atoms with E-state index in [1.807, 2.05) is 0 Å². The largest absolute Gasteiger partial charge is 0.480 e. The minimum atomic E-state index is -2.77. The summed E-state index contributed by atoms with van der Waals surface area (Å²) in [5.74, 6) is 0.500. The first-order valence-corrected chi connectivity index (χ1v) is 6.75. The third-order valence-electron chi connectivity index (χ3n) is 3.01. The van der Waals surface area contributed by atoms with Gasteiger partial charge in [-0.2, -0.15) is 13.5 Å². The van der Waals surface area contributed by atoms with Gasteiger partial charge in [-0.25, -0.2) is 19.9 Å². The Hall–Kier alpha value is -2.62. The molecule has 11 heteroatoms. The molecule has 0 amide bonds. The highest BCUT2D eigenvalue weighted by Gasteiger charge is 2.19. The van der Waals surface area contributed by atoms with Crippen molar-refractivity contribution in [3.05, 3.63) is 29.8 Å². The molecule has 3 heterocycles. The summed E-state index contributed by atoms with van der Waals surface area (Å²) in [5, 5.41) is 4.18. The molecular weight excluding hydrogens is 332 g/mol. The molecule has 0 fully saturated rings. The second-order valence-electron chi connectivity index (χ2n) is 4.52. The summed E-state index contributed by atoms with van der Waals surface area (Å²) in [6, 6.07) is 0. The number of ether oxygens (including phenoxy) is 1. The van der Waals surface area contributed by atoms with E-state index in [0.29, 0.717) is 15.6 Å². The molecule has 3 aromatic heterocycles. The van der Waals surface area contributed by atoms with Gasteiger partial charge in [0.25, 0.3) is 0 Å². The van der Waals surface area contributed by atoms with Crippen LogP contribution in [-0.4, -0.2) is 29.7 Å². The number of pyridine rings is 1. The molecule has 0 bridgehead atoms. The summed E-state index contributed by atoms with van der Waals surface area (Å²) >= 11 is 5.97. The third kappa shape index (κ3) is 2.84. The molecule has 1 atom stereocenters. The zero-order chi connectivity index (χ0) is 16.6. The van der Waals surface area contributed by atoms with Gasteiger partial charge < -0.3 is 10.5 Å². The molecule has 3 aromatic rings. The van der Waals surface area contributed by atoms with Crippen LogP contribution in [-0.2, 0) is 0 Å². The van der Waals surface area contributed by atoms with Crippen molar-refractivity contribution in [1.82, 2.24) is 29.7 Å². The summed E-state index contributed by atoms with van der Waals surface area (Å²) in [7, 11) is 0. The summed E-state index contributed by atoms with van der Waals surface area (Å²) in [6.45, 7) is -1.17. The van der Waals surface area contributed by atoms with Crippen LogP contribution in [0.15, 0.2) is 18.9 Å². The summed E-state index contributed by atoms with van der Waals surface area (Å²) < 4.78 is 31.2. The Balaban J connectivity index is 1.96. The Morgan fingerprint density at radius 3 is 2.74 bits per heavy atom. The van der Waals surface area contributed by atoms with Crippen LogP contribution in [0.2, 0.25) is 5.15 Å². The highest BCUT2D eigenvalue weighted by Crippen LogP contribution is 2.33. The number of fused-ring (bicyclic) bond motifs is 1. The van der Waals surface area contributed by atoms with Gasteiger partial charge in [0.05, 0.1) is 11.6 Å². The van der Waals surface area contributed by atoms with E-state index in [1.165, 1.54) is 12.5 Å². The minimum Gasteiger partial charge on any atom is -0.480 e. The Morgan fingerprint density at radius 1 is 1.26 bits per heavy atom. The van der Waals surface area contributed by atoms with Crippen LogP contribution < -0.4 is 10.5 Å². The molecule has 0 aliphatic rings. The van der Waals surface area contributed by atoms with E-state index in [0.717, 1.165) is 6.33 Å². The van der Waals surface area contributed by atoms with Crippen molar-refractivity contribution < 1.29 is 13.5 Å². The molecule has 0 aromatic carbocycles. The van der Waals surface area contributed by atoms with Crippen LogP contribution in [0.1, 0.15) is 25.4 Å². The van der Waals surface area contributed by atoms with E-state index in [4.69, 9.17) is 22.1 Å². The number of nitrogens with two attached hydrogens (primary N) is 1. The normalized spacial score (nSPS) is 12.7. The van der Waals surface area contributed by atoms with Crippen molar-refractivity contribution in [3.63, 3.8) is 0 Å². The quantitative estimate of drug-likeness (QED) is 0.726. The number of rotatable bonds is 4. The van der Waals surface area contributed by atoms with Gasteiger partial charge >= 0.3 is 6.55 Å². The molecule has 8 nitrogen and oxygen atoms in total. The molecule has 0 spiro atoms. The lowest BCUT2D eigenvalue weighted by molar-refractivity contribution is 0.0550. The second-order valence-corrected chi connectivity index (χ2v) is 4.87. The first kappa shape index (κ1) is 15.3. The predicted molar refractivity (Wildman–Crippen MR) is 77.1 cm³/mol. The standard InChI is InChI=1S/C12H10ClF2N7O/c1-5(11-20-4-22(21-11)12(14)15)23-6-2-17-9(13)8-7(6)10(16)19-3-18-8/h2-5,12H,1H3,(H2,16,18,19). The lowest BCUT2D eigenvalue weighted by Gasteiger charge is -2.14. The molecule has 0 saturated carbocycles. The van der Waals surface area contributed by atoms with Crippen LogP contribution in [0.4, 0.5) is 14.6 Å². The van der Waals surface area contributed by atoms with Crippen LogP contribution in [0.3, 0.4) is 0 Å². The van der Waals surface area contributed by atoms with Gasteiger partial charge in [-0.05, 0) is 6.92 Å². The van der Waals surface area contributed by atoms with Crippen molar-refractivity contribution in [2.75, 3.05) is 5.73 Å². The Kier molecular flexibility index (Phi) is 3.90. The van der Waals surface area contributed by atoms with Crippen molar-refractivity contribution >= 4 is 28.3 Å². The van der Waals surface area contributed by atoms with Crippen LogP contribution in [0.5, 0.6) is 5.75 Å². The van der Waals surface area contributed by atoms with E-state index in [2.05, 4.69) is 25.0 Å². The number of alkyl halides is 2. The molecule has 0 radical (unpaired) electrons. The number of anilines is 1. The SMILES string of the molecule is CC(Oc1cnc(Cl)c2ncnc(N)c12)c1ncn(C(F)F)n1. The zero-order valence-electron chi connectivity index (χ0n) is 11.7. The Morgan fingerprint density at radius 2 is 2.04 bits per heavy atom. The molecular formula is C12H10ClF2N7O.